The Hall–Kier alpha value is -3.13. The maximum absolute atomic E-state index is 8.59. The minimum atomic E-state index is -0.671. The molecular weight excluding hydrogens is 438 g/mol. The number of hydrogen-bond donors (Lipinski definition) is 0. The van der Waals surface area contributed by atoms with Crippen LogP contribution in [-0.4, -0.2) is 0 Å². The fourth-order valence-electron chi connectivity index (χ4n) is 6.38. The summed E-state index contributed by atoms with van der Waals surface area (Å²) in [5.41, 5.74) is 9.49. The highest BCUT2D eigenvalue weighted by Crippen LogP contribution is 2.49. The summed E-state index contributed by atoms with van der Waals surface area (Å²) in [6, 6.07) is 17.9. The molecule has 36 heavy (non-hydrogen) atoms. The van der Waals surface area contributed by atoms with Gasteiger partial charge in [0.2, 0.25) is 5.69 Å². The average molecular weight is 478 g/mol. The average Bonchev–Trinajstić information content (AvgIpc) is 3.17. The van der Waals surface area contributed by atoms with Gasteiger partial charge in [0.05, 0.1) is 5.56 Å². The molecule has 0 N–H and O–H groups in total. The fourth-order valence-corrected chi connectivity index (χ4v) is 6.38. The molecule has 3 aromatic carbocycles. The predicted molar refractivity (Wildman–Crippen MR) is 152 cm³/mol. The van der Waals surface area contributed by atoms with E-state index in [1.807, 2.05) is 19.9 Å². The second kappa shape index (κ2) is 7.68. The summed E-state index contributed by atoms with van der Waals surface area (Å²) in [5.74, 6) is -0.671. The van der Waals surface area contributed by atoms with Gasteiger partial charge in [0, 0.05) is 24.3 Å². The second-order valence-electron chi connectivity index (χ2n) is 12.5. The normalized spacial score (nSPS) is 17.5. The predicted octanol–water partition coefficient (Wildman–Crippen LogP) is 9.01. The highest BCUT2D eigenvalue weighted by Gasteiger charge is 2.38. The molecule has 5 aromatic rings. The molecule has 2 heteroatoms. The van der Waals surface area contributed by atoms with Crippen molar-refractivity contribution < 1.29 is 10.4 Å². The highest BCUT2D eigenvalue weighted by molar-refractivity contribution is 6.14. The Bertz CT molecular complexity index is 1730. The zero-order chi connectivity index (χ0) is 26.5. The number of fused-ring (bicyclic) bond motifs is 6. The molecule has 0 radical (unpaired) electrons. The summed E-state index contributed by atoms with van der Waals surface area (Å²) in [6.07, 6.45) is 4.46. The molecular formula is C34H38NO+. The first-order chi connectivity index (χ1) is 17.3. The minimum Gasteiger partial charge on any atom is -0.455 e. The third kappa shape index (κ3) is 3.34. The van der Waals surface area contributed by atoms with Crippen LogP contribution < -0.4 is 4.57 Å². The summed E-state index contributed by atoms with van der Waals surface area (Å²) in [6.45, 7) is 15.6. The van der Waals surface area contributed by atoms with Crippen molar-refractivity contribution in [2.24, 2.45) is 7.05 Å². The van der Waals surface area contributed by atoms with Crippen molar-refractivity contribution in [3.63, 3.8) is 0 Å². The van der Waals surface area contributed by atoms with Crippen molar-refractivity contribution in [2.45, 2.75) is 78.0 Å². The molecule has 0 amide bonds. The number of hydrogen-bond acceptors (Lipinski definition) is 1. The van der Waals surface area contributed by atoms with E-state index in [4.69, 9.17) is 5.79 Å². The van der Waals surface area contributed by atoms with Crippen molar-refractivity contribution in [1.82, 2.24) is 0 Å². The van der Waals surface area contributed by atoms with Gasteiger partial charge < -0.3 is 4.42 Å². The molecule has 2 nitrogen and oxygen atoms in total. The zero-order valence-corrected chi connectivity index (χ0v) is 23.0. The Morgan fingerprint density at radius 1 is 0.889 bits per heavy atom. The Balaban J connectivity index is 1.68. The van der Waals surface area contributed by atoms with Gasteiger partial charge in [-0.1, -0.05) is 65.8 Å². The van der Waals surface area contributed by atoms with Gasteiger partial charge >= 0.3 is 0 Å². The number of nitrogens with zero attached hydrogens (tertiary/aromatic N) is 1. The molecule has 0 atom stereocenters. The van der Waals surface area contributed by atoms with Crippen LogP contribution in [0.1, 0.15) is 83.9 Å². The quantitative estimate of drug-likeness (QED) is 0.232. The van der Waals surface area contributed by atoms with Crippen molar-refractivity contribution in [3.8, 4) is 11.3 Å². The largest absolute Gasteiger partial charge is 0.455 e. The number of aromatic nitrogens is 1. The molecule has 2 heterocycles. The topological polar surface area (TPSA) is 17.0 Å². The van der Waals surface area contributed by atoms with E-state index in [-0.39, 0.29) is 10.8 Å². The summed E-state index contributed by atoms with van der Waals surface area (Å²) >= 11 is 0. The molecule has 0 saturated heterocycles. The van der Waals surface area contributed by atoms with E-state index in [1.165, 1.54) is 40.3 Å². The molecule has 0 spiro atoms. The van der Waals surface area contributed by atoms with Gasteiger partial charge in [-0.3, -0.25) is 0 Å². The van der Waals surface area contributed by atoms with Crippen LogP contribution in [-0.2, 0) is 17.9 Å². The van der Waals surface area contributed by atoms with Crippen LogP contribution in [0.4, 0.5) is 0 Å². The molecule has 1 aliphatic carbocycles. The molecule has 6 rings (SSSR count). The van der Waals surface area contributed by atoms with E-state index < -0.39 is 5.89 Å². The summed E-state index contributed by atoms with van der Waals surface area (Å²) in [5, 5.41) is 4.91. The third-order valence-corrected chi connectivity index (χ3v) is 8.75. The first kappa shape index (κ1) is 22.1. The van der Waals surface area contributed by atoms with Crippen molar-refractivity contribution >= 4 is 32.7 Å². The fraction of sp³-hybridized carbons (Fsp3) is 0.382. The van der Waals surface area contributed by atoms with E-state index in [0.717, 1.165) is 38.8 Å². The number of pyridine rings is 1. The number of aryl methyl sites for hydroxylation is 2. The molecule has 2 aromatic heterocycles. The first-order valence-corrected chi connectivity index (χ1v) is 13.2. The van der Waals surface area contributed by atoms with Crippen LogP contribution in [0.25, 0.3) is 44.0 Å². The number of benzene rings is 3. The van der Waals surface area contributed by atoms with E-state index in [1.54, 1.807) is 0 Å². The van der Waals surface area contributed by atoms with Gasteiger partial charge in [-0.25, -0.2) is 4.57 Å². The molecule has 1 aliphatic rings. The Kier molecular flexibility index (Phi) is 4.72. The minimum absolute atomic E-state index is 0.128. The van der Waals surface area contributed by atoms with Crippen LogP contribution in [0.3, 0.4) is 0 Å². The van der Waals surface area contributed by atoms with E-state index in [2.05, 4.69) is 94.9 Å². The lowest BCUT2D eigenvalue weighted by Gasteiger charge is -2.42. The van der Waals surface area contributed by atoms with E-state index in [0.29, 0.717) is 0 Å². The molecule has 0 aliphatic heterocycles. The molecule has 0 unspecified atom stereocenters. The lowest BCUT2D eigenvalue weighted by atomic mass is 9.62. The maximum Gasteiger partial charge on any atom is 0.216 e. The standard InChI is InChI=1S/C34H38NO/c1-20(2)22-13-16-35(8)28(18-22)30-21(3)9-11-24-26-17-23-10-12-27-31(25(23)19-29(26)36-32(24)30)34(6,7)15-14-33(27,4)5/h9-13,16-20H,14-15H2,1-8H3/q+1/i20D. The molecule has 0 bridgehead atoms. The van der Waals surface area contributed by atoms with E-state index in [9.17, 15) is 0 Å². The van der Waals surface area contributed by atoms with Crippen LogP contribution in [0.15, 0.2) is 59.1 Å². The summed E-state index contributed by atoms with van der Waals surface area (Å²) in [4.78, 5) is 0. The van der Waals surface area contributed by atoms with Crippen LogP contribution in [0.2, 0.25) is 0 Å². The maximum atomic E-state index is 8.59. The van der Waals surface area contributed by atoms with Crippen LogP contribution in [0.5, 0.6) is 0 Å². The Morgan fingerprint density at radius 2 is 1.64 bits per heavy atom. The van der Waals surface area contributed by atoms with E-state index >= 15 is 0 Å². The van der Waals surface area contributed by atoms with Gasteiger partial charge in [-0.05, 0) is 81.6 Å². The van der Waals surface area contributed by atoms with Gasteiger partial charge in [0.25, 0.3) is 0 Å². The summed E-state index contributed by atoms with van der Waals surface area (Å²) in [7, 11) is 2.07. The number of furan rings is 1. The highest BCUT2D eigenvalue weighted by atomic mass is 16.3. The molecule has 0 fully saturated rings. The van der Waals surface area contributed by atoms with Crippen LogP contribution in [0, 0.1) is 6.92 Å². The SMILES string of the molecule is [2H]C(C)(C)c1cc[n+](C)c(-c2c(C)ccc3c2oc2cc4c5c(ccc4cc23)C(C)(C)CCC5(C)C)c1. The molecule has 184 valence electrons. The lowest BCUT2D eigenvalue weighted by molar-refractivity contribution is -0.660. The monoisotopic (exact) mass is 477 g/mol. The van der Waals surface area contributed by atoms with Gasteiger partial charge in [0.1, 0.15) is 18.2 Å². The van der Waals surface area contributed by atoms with Crippen molar-refractivity contribution in [2.75, 3.05) is 0 Å². The Labute approximate surface area is 216 Å². The van der Waals surface area contributed by atoms with Crippen molar-refractivity contribution in [3.05, 3.63) is 77.0 Å². The first-order valence-electron chi connectivity index (χ1n) is 13.7. The zero-order valence-electron chi connectivity index (χ0n) is 24.0. The Morgan fingerprint density at radius 3 is 2.39 bits per heavy atom. The smallest absolute Gasteiger partial charge is 0.216 e. The van der Waals surface area contributed by atoms with Crippen LogP contribution >= 0.6 is 0 Å². The summed E-state index contributed by atoms with van der Waals surface area (Å²) < 4.78 is 17.5. The lowest BCUT2D eigenvalue weighted by Crippen LogP contribution is -2.34. The second-order valence-corrected chi connectivity index (χ2v) is 12.5. The van der Waals surface area contributed by atoms with Gasteiger partial charge in [-0.15, -0.1) is 0 Å². The third-order valence-electron chi connectivity index (χ3n) is 8.75. The molecule has 0 saturated carbocycles. The van der Waals surface area contributed by atoms with Crippen molar-refractivity contribution in [1.29, 1.82) is 0 Å². The number of rotatable bonds is 2. The van der Waals surface area contributed by atoms with Gasteiger partial charge in [0.15, 0.2) is 6.20 Å². The van der Waals surface area contributed by atoms with Gasteiger partial charge in [-0.2, -0.15) is 0 Å².